The van der Waals surface area contributed by atoms with Gasteiger partial charge in [-0.3, -0.25) is 4.79 Å². The van der Waals surface area contributed by atoms with Crippen LogP contribution in [0.1, 0.15) is 80.7 Å². The molecule has 0 unspecified atom stereocenters. The zero-order valence-electron chi connectivity index (χ0n) is 18.2. The van der Waals surface area contributed by atoms with E-state index in [0.29, 0.717) is 34.3 Å². The van der Waals surface area contributed by atoms with E-state index in [-0.39, 0.29) is 11.9 Å². The largest absolute Gasteiger partial charge is 0.475 e. The first-order valence-electron chi connectivity index (χ1n) is 9.82. The molecule has 0 saturated heterocycles. The fourth-order valence-electron chi connectivity index (χ4n) is 3.30. The van der Waals surface area contributed by atoms with Crippen molar-refractivity contribution in [3.05, 3.63) is 50.7 Å². The Hall–Kier alpha value is -2.07. The van der Waals surface area contributed by atoms with Crippen molar-refractivity contribution in [3.8, 4) is 5.88 Å². The van der Waals surface area contributed by atoms with E-state index >= 15 is 0 Å². The van der Waals surface area contributed by atoms with Gasteiger partial charge >= 0.3 is 0 Å². The van der Waals surface area contributed by atoms with E-state index < -0.39 is 0 Å². The summed E-state index contributed by atoms with van der Waals surface area (Å²) >= 11 is 6.48. The predicted molar refractivity (Wildman–Crippen MR) is 117 cm³/mol. The number of carbonyl (C=O) groups is 1. The first-order valence-corrected chi connectivity index (χ1v) is 10.2. The Morgan fingerprint density at radius 2 is 1.82 bits per heavy atom. The van der Waals surface area contributed by atoms with Crippen molar-refractivity contribution in [1.82, 2.24) is 9.78 Å². The second kappa shape index (κ2) is 8.95. The van der Waals surface area contributed by atoms with Crippen LogP contribution in [0.5, 0.6) is 5.88 Å². The average Bonchev–Trinajstić information content (AvgIpc) is 2.89. The molecule has 1 heterocycles. The maximum absolute atomic E-state index is 13.6. The predicted octanol–water partition coefficient (Wildman–Crippen LogP) is 6.39. The molecule has 2 rings (SSSR count). The van der Waals surface area contributed by atoms with Crippen molar-refractivity contribution in [2.75, 3.05) is 0 Å². The van der Waals surface area contributed by atoms with Crippen molar-refractivity contribution in [3.63, 3.8) is 0 Å². The second-order valence-electron chi connectivity index (χ2n) is 7.70. The monoisotopic (exact) mass is 402 g/mol. The molecule has 0 N–H and O–H groups in total. The number of ether oxygens (including phenoxy) is 1. The van der Waals surface area contributed by atoms with Crippen molar-refractivity contribution in [1.29, 1.82) is 0 Å². The first-order chi connectivity index (χ1) is 13.1. The number of aromatic nitrogens is 2. The smallest absolute Gasteiger partial charge is 0.223 e. The first kappa shape index (κ1) is 22.2. The Morgan fingerprint density at radius 1 is 1.18 bits per heavy atom. The topological polar surface area (TPSA) is 44.1 Å². The molecule has 0 aliphatic carbocycles. The van der Waals surface area contributed by atoms with Crippen molar-refractivity contribution < 1.29 is 9.53 Å². The van der Waals surface area contributed by atoms with Crippen LogP contribution in [0.15, 0.2) is 17.7 Å². The molecule has 0 aliphatic rings. The van der Waals surface area contributed by atoms with Crippen LogP contribution in [-0.4, -0.2) is 21.7 Å². The fraction of sp³-hybridized carbons (Fsp3) is 0.478. The highest BCUT2D eigenvalue weighted by molar-refractivity contribution is 6.32. The minimum atomic E-state index is -0.0764. The molecule has 0 saturated carbocycles. The molecule has 152 valence electrons. The molecule has 5 heteroatoms. The Balaban J connectivity index is 2.68. The molecule has 2 aromatic rings. The van der Waals surface area contributed by atoms with Gasteiger partial charge in [-0.25, -0.2) is 4.68 Å². The van der Waals surface area contributed by atoms with Gasteiger partial charge in [0.25, 0.3) is 0 Å². The number of allylic oxidation sites excluding steroid dienone is 2. The van der Waals surface area contributed by atoms with E-state index in [0.717, 1.165) is 23.1 Å². The molecule has 0 amide bonds. The number of hydrogen-bond acceptors (Lipinski definition) is 3. The third-order valence-corrected chi connectivity index (χ3v) is 5.19. The van der Waals surface area contributed by atoms with E-state index in [1.54, 1.807) is 16.8 Å². The summed E-state index contributed by atoms with van der Waals surface area (Å²) in [5.74, 6) is 0.474. The minimum Gasteiger partial charge on any atom is -0.475 e. The number of nitrogens with zero attached hydrogens (tertiary/aromatic N) is 2. The number of halogens is 1. The molecule has 4 nitrogen and oxygen atoms in total. The lowest BCUT2D eigenvalue weighted by Crippen LogP contribution is -2.14. The number of aryl methyl sites for hydroxylation is 2. The van der Waals surface area contributed by atoms with Gasteiger partial charge in [-0.15, -0.1) is 0 Å². The molecule has 0 fully saturated rings. The van der Waals surface area contributed by atoms with Crippen LogP contribution in [0.2, 0.25) is 5.02 Å². The SMILES string of the molecule is CCCn1nc(C)c(C(=O)c2ccc(Cl)c(C(C)=C(C)C)c2C)c1OC(C)C. The van der Waals surface area contributed by atoms with Gasteiger partial charge < -0.3 is 4.74 Å². The number of hydrogen-bond donors (Lipinski definition) is 0. The molecular weight excluding hydrogens is 372 g/mol. The van der Waals surface area contributed by atoms with Crippen LogP contribution in [-0.2, 0) is 6.54 Å². The normalized spacial score (nSPS) is 11.1. The maximum atomic E-state index is 13.6. The molecule has 0 aliphatic heterocycles. The highest BCUT2D eigenvalue weighted by Gasteiger charge is 2.27. The summed E-state index contributed by atoms with van der Waals surface area (Å²) in [6, 6.07) is 3.61. The van der Waals surface area contributed by atoms with E-state index in [1.165, 1.54) is 5.57 Å². The van der Waals surface area contributed by atoms with Gasteiger partial charge in [0.05, 0.1) is 11.8 Å². The lowest BCUT2D eigenvalue weighted by atomic mass is 9.91. The van der Waals surface area contributed by atoms with E-state index in [2.05, 4.69) is 12.0 Å². The van der Waals surface area contributed by atoms with Crippen LogP contribution in [0, 0.1) is 13.8 Å². The number of ketones is 1. The highest BCUT2D eigenvalue weighted by atomic mass is 35.5. The number of benzene rings is 1. The Labute approximate surface area is 173 Å². The molecule has 0 spiro atoms. The van der Waals surface area contributed by atoms with E-state index in [9.17, 15) is 4.79 Å². The van der Waals surface area contributed by atoms with Crippen LogP contribution in [0.3, 0.4) is 0 Å². The van der Waals surface area contributed by atoms with Crippen LogP contribution >= 0.6 is 11.6 Å². The van der Waals surface area contributed by atoms with Crippen LogP contribution in [0.25, 0.3) is 5.57 Å². The van der Waals surface area contributed by atoms with Gasteiger partial charge in [0, 0.05) is 17.1 Å². The third kappa shape index (κ3) is 4.33. The van der Waals surface area contributed by atoms with Gasteiger partial charge in [0.15, 0.2) is 0 Å². The average molecular weight is 403 g/mol. The molecular formula is C23H31ClN2O2. The third-order valence-electron chi connectivity index (χ3n) is 4.87. The quantitative estimate of drug-likeness (QED) is 0.503. The Kier molecular flexibility index (Phi) is 7.11. The second-order valence-corrected chi connectivity index (χ2v) is 8.11. The highest BCUT2D eigenvalue weighted by Crippen LogP contribution is 2.34. The van der Waals surface area contributed by atoms with E-state index in [4.69, 9.17) is 16.3 Å². The molecule has 1 aromatic carbocycles. The minimum absolute atomic E-state index is 0.0481. The summed E-state index contributed by atoms with van der Waals surface area (Å²) < 4.78 is 7.82. The van der Waals surface area contributed by atoms with Gasteiger partial charge in [0.2, 0.25) is 11.7 Å². The van der Waals surface area contributed by atoms with Gasteiger partial charge in [-0.05, 0) is 83.7 Å². The van der Waals surface area contributed by atoms with Crippen LogP contribution < -0.4 is 4.74 Å². The summed E-state index contributed by atoms with van der Waals surface area (Å²) in [4.78, 5) is 13.6. The lowest BCUT2D eigenvalue weighted by molar-refractivity contribution is 0.103. The lowest BCUT2D eigenvalue weighted by Gasteiger charge is -2.16. The Morgan fingerprint density at radius 3 is 2.36 bits per heavy atom. The summed E-state index contributed by atoms with van der Waals surface area (Å²) in [5.41, 5.74) is 5.93. The van der Waals surface area contributed by atoms with Gasteiger partial charge in [-0.2, -0.15) is 5.10 Å². The molecule has 0 bridgehead atoms. The van der Waals surface area contributed by atoms with Gasteiger partial charge in [-0.1, -0.05) is 24.1 Å². The van der Waals surface area contributed by atoms with Crippen LogP contribution in [0.4, 0.5) is 0 Å². The van der Waals surface area contributed by atoms with Crippen molar-refractivity contribution in [2.45, 2.75) is 74.5 Å². The zero-order valence-corrected chi connectivity index (χ0v) is 19.0. The molecule has 1 aromatic heterocycles. The zero-order chi connectivity index (χ0) is 21.2. The maximum Gasteiger partial charge on any atom is 0.223 e. The summed E-state index contributed by atoms with van der Waals surface area (Å²) in [5, 5.41) is 5.23. The summed E-state index contributed by atoms with van der Waals surface area (Å²) in [6.45, 7) is 16.6. The fourth-order valence-corrected chi connectivity index (χ4v) is 3.64. The van der Waals surface area contributed by atoms with Crippen molar-refractivity contribution in [2.24, 2.45) is 0 Å². The molecule has 0 radical (unpaired) electrons. The molecule has 28 heavy (non-hydrogen) atoms. The number of rotatable bonds is 7. The van der Waals surface area contributed by atoms with E-state index in [1.807, 2.05) is 48.5 Å². The summed E-state index contributed by atoms with van der Waals surface area (Å²) in [6.07, 6.45) is 0.862. The molecule has 0 atom stereocenters. The number of carbonyl (C=O) groups excluding carboxylic acids is 1. The Bertz CT molecular complexity index is 919. The standard InChI is InChI=1S/C23H31ClN2O2/c1-9-12-26-23(28-14(4)5)21(17(8)25-26)22(27)18-10-11-19(24)20(16(18)7)15(6)13(2)3/h10-11,14H,9,12H2,1-8H3. The van der Waals surface area contributed by atoms with Crippen molar-refractivity contribution >= 4 is 23.0 Å². The summed E-state index contributed by atoms with van der Waals surface area (Å²) in [7, 11) is 0. The van der Waals surface area contributed by atoms with Gasteiger partial charge in [0.1, 0.15) is 5.56 Å².